The first kappa shape index (κ1) is 22.5. The van der Waals surface area contributed by atoms with E-state index >= 15 is 0 Å². The molecule has 3 rings (SSSR count). The summed E-state index contributed by atoms with van der Waals surface area (Å²) in [6, 6.07) is 18.2. The largest absolute Gasteiger partial charge is 0.333 e. The third-order valence-corrected chi connectivity index (χ3v) is 6.31. The van der Waals surface area contributed by atoms with Crippen molar-refractivity contribution in [2.45, 2.75) is 17.9 Å². The molecule has 2 aromatic carbocycles. The van der Waals surface area contributed by atoms with Crippen molar-refractivity contribution >= 4 is 37.5 Å². The molecule has 31 heavy (non-hydrogen) atoms. The van der Waals surface area contributed by atoms with Crippen molar-refractivity contribution in [1.82, 2.24) is 9.88 Å². The first-order chi connectivity index (χ1) is 14.9. The summed E-state index contributed by atoms with van der Waals surface area (Å²) < 4.78 is 28.3. The number of benzene rings is 2. The molecule has 0 radical (unpaired) electrons. The predicted octanol–water partition coefficient (Wildman–Crippen LogP) is 4.20. The van der Waals surface area contributed by atoms with Gasteiger partial charge in [0.05, 0.1) is 17.4 Å². The molecule has 1 aromatic heterocycles. The molecule has 0 saturated carbocycles. The molecule has 0 atom stereocenters. The van der Waals surface area contributed by atoms with Gasteiger partial charge in [0.25, 0.3) is 15.9 Å². The number of anilines is 1. The van der Waals surface area contributed by atoms with E-state index in [2.05, 4.69) is 31.7 Å². The number of sulfonamides is 1. The molecule has 0 fully saturated rings. The average Bonchev–Trinajstić information content (AvgIpc) is 2.77. The van der Waals surface area contributed by atoms with Crippen LogP contribution in [-0.4, -0.2) is 30.8 Å². The summed E-state index contributed by atoms with van der Waals surface area (Å²) in [5.41, 5.74) is 1.59. The predicted molar refractivity (Wildman–Crippen MR) is 121 cm³/mol. The Hall–Kier alpha value is -3.22. The van der Waals surface area contributed by atoms with E-state index in [1.807, 2.05) is 6.07 Å². The van der Waals surface area contributed by atoms with Crippen LogP contribution in [0.25, 0.3) is 0 Å². The Bertz CT molecular complexity index is 1180. The highest BCUT2D eigenvalue weighted by atomic mass is 79.9. The number of amides is 1. The highest BCUT2D eigenvalue weighted by Gasteiger charge is 2.18. The molecule has 0 unspecified atom stereocenters. The number of nitrogens with one attached hydrogen (secondary N) is 1. The van der Waals surface area contributed by atoms with Crippen LogP contribution in [0, 0.1) is 11.3 Å². The Morgan fingerprint density at radius 3 is 2.42 bits per heavy atom. The van der Waals surface area contributed by atoms with Gasteiger partial charge in [-0.05, 0) is 60.2 Å². The van der Waals surface area contributed by atoms with Crippen LogP contribution in [0.2, 0.25) is 0 Å². The standard InChI is InChI=1S/C22H19BrN4O3S/c23-19-6-10-21(11-7-19)31(29,30)26-20-8-4-18(5-9-20)22(28)27(14-2-12-24)16-17-3-1-13-25-15-17/h1,3-11,13,15,26H,2,14,16H2. The van der Waals surface area contributed by atoms with Crippen molar-refractivity contribution in [3.63, 3.8) is 0 Å². The molecule has 7 nitrogen and oxygen atoms in total. The summed E-state index contributed by atoms with van der Waals surface area (Å²) in [5.74, 6) is -0.249. The number of carbonyl (C=O) groups is 1. The third-order valence-electron chi connectivity index (χ3n) is 4.38. The van der Waals surface area contributed by atoms with Crippen LogP contribution in [0.4, 0.5) is 5.69 Å². The van der Waals surface area contributed by atoms with Crippen molar-refractivity contribution in [2.75, 3.05) is 11.3 Å². The number of carbonyl (C=O) groups excluding carboxylic acids is 1. The Morgan fingerprint density at radius 2 is 1.81 bits per heavy atom. The van der Waals surface area contributed by atoms with E-state index in [4.69, 9.17) is 5.26 Å². The topological polar surface area (TPSA) is 103 Å². The molecule has 9 heteroatoms. The molecule has 0 aliphatic carbocycles. The average molecular weight is 499 g/mol. The van der Waals surface area contributed by atoms with E-state index in [9.17, 15) is 13.2 Å². The van der Waals surface area contributed by atoms with Gasteiger partial charge in [-0.2, -0.15) is 5.26 Å². The maximum Gasteiger partial charge on any atom is 0.261 e. The molecule has 1 amide bonds. The fourth-order valence-corrected chi connectivity index (χ4v) is 4.16. The van der Waals surface area contributed by atoms with Gasteiger partial charge in [0.1, 0.15) is 0 Å². The van der Waals surface area contributed by atoms with Gasteiger partial charge in [-0.25, -0.2) is 8.42 Å². The van der Waals surface area contributed by atoms with Gasteiger partial charge < -0.3 is 4.90 Å². The van der Waals surface area contributed by atoms with E-state index in [1.165, 1.54) is 24.3 Å². The van der Waals surface area contributed by atoms with Gasteiger partial charge in [-0.1, -0.05) is 22.0 Å². The minimum atomic E-state index is -3.74. The number of halogens is 1. The van der Waals surface area contributed by atoms with Crippen molar-refractivity contribution < 1.29 is 13.2 Å². The number of hydrogen-bond donors (Lipinski definition) is 1. The molecular formula is C22H19BrN4O3S. The Labute approximate surface area is 189 Å². The summed E-state index contributed by atoms with van der Waals surface area (Å²) in [5, 5.41) is 8.92. The number of nitrogens with zero attached hydrogens (tertiary/aromatic N) is 3. The van der Waals surface area contributed by atoms with Gasteiger partial charge in [-0.15, -0.1) is 0 Å². The van der Waals surface area contributed by atoms with Crippen LogP contribution in [0.1, 0.15) is 22.3 Å². The summed E-state index contributed by atoms with van der Waals surface area (Å²) in [6.45, 7) is 0.606. The molecule has 0 aliphatic heterocycles. The molecule has 0 spiro atoms. The van der Waals surface area contributed by atoms with Crippen molar-refractivity contribution in [3.05, 3.63) is 88.7 Å². The van der Waals surface area contributed by atoms with Crippen molar-refractivity contribution in [3.8, 4) is 6.07 Å². The molecule has 158 valence electrons. The lowest BCUT2D eigenvalue weighted by atomic mass is 10.1. The highest BCUT2D eigenvalue weighted by Crippen LogP contribution is 2.20. The van der Waals surface area contributed by atoms with Crippen LogP contribution in [-0.2, 0) is 16.6 Å². The first-order valence-corrected chi connectivity index (χ1v) is 11.6. The number of aromatic nitrogens is 1. The van der Waals surface area contributed by atoms with E-state index in [0.29, 0.717) is 17.8 Å². The Kier molecular flexibility index (Phi) is 7.39. The second-order valence-electron chi connectivity index (χ2n) is 6.63. The Morgan fingerprint density at radius 1 is 1.10 bits per heavy atom. The van der Waals surface area contributed by atoms with Gasteiger partial charge in [-0.3, -0.25) is 14.5 Å². The molecular weight excluding hydrogens is 480 g/mol. The van der Waals surface area contributed by atoms with E-state index in [-0.39, 0.29) is 23.8 Å². The van der Waals surface area contributed by atoms with Crippen LogP contribution in [0.3, 0.4) is 0 Å². The lowest BCUT2D eigenvalue weighted by Gasteiger charge is -2.22. The maximum atomic E-state index is 13.0. The molecule has 1 N–H and O–H groups in total. The second kappa shape index (κ2) is 10.2. The van der Waals surface area contributed by atoms with E-state index in [1.54, 1.807) is 47.6 Å². The lowest BCUT2D eigenvalue weighted by molar-refractivity contribution is 0.0747. The fraction of sp³-hybridized carbons (Fsp3) is 0.136. The van der Waals surface area contributed by atoms with Gasteiger partial charge in [0.2, 0.25) is 0 Å². The third kappa shape index (κ3) is 6.13. The summed E-state index contributed by atoms with van der Waals surface area (Å²) in [6.07, 6.45) is 3.53. The minimum absolute atomic E-state index is 0.134. The zero-order chi connectivity index (χ0) is 22.3. The SMILES string of the molecule is N#CCCN(Cc1cccnc1)C(=O)c1ccc(NS(=O)(=O)c2ccc(Br)cc2)cc1. The first-order valence-electron chi connectivity index (χ1n) is 9.32. The van der Waals surface area contributed by atoms with Crippen molar-refractivity contribution in [2.24, 2.45) is 0 Å². The van der Waals surface area contributed by atoms with E-state index < -0.39 is 10.0 Å². The highest BCUT2D eigenvalue weighted by molar-refractivity contribution is 9.10. The number of nitriles is 1. The molecule has 3 aromatic rings. The number of hydrogen-bond acceptors (Lipinski definition) is 5. The van der Waals surface area contributed by atoms with E-state index in [0.717, 1.165) is 10.0 Å². The molecule has 0 bridgehead atoms. The minimum Gasteiger partial charge on any atom is -0.333 e. The van der Waals surface area contributed by atoms with Crippen LogP contribution in [0.15, 0.2) is 82.4 Å². The van der Waals surface area contributed by atoms with Gasteiger partial charge in [0.15, 0.2) is 0 Å². The van der Waals surface area contributed by atoms with Crippen molar-refractivity contribution in [1.29, 1.82) is 5.26 Å². The van der Waals surface area contributed by atoms with Crippen LogP contribution >= 0.6 is 15.9 Å². The van der Waals surface area contributed by atoms with Crippen LogP contribution in [0.5, 0.6) is 0 Å². The smallest absolute Gasteiger partial charge is 0.261 e. The maximum absolute atomic E-state index is 13.0. The summed E-state index contributed by atoms with van der Waals surface area (Å²) in [4.78, 5) is 18.7. The molecule has 0 saturated heterocycles. The number of pyridine rings is 1. The normalized spacial score (nSPS) is 10.8. The number of rotatable bonds is 8. The zero-order valence-corrected chi connectivity index (χ0v) is 18.8. The zero-order valence-electron chi connectivity index (χ0n) is 16.4. The monoisotopic (exact) mass is 498 g/mol. The quantitative estimate of drug-likeness (QED) is 0.501. The van der Waals surface area contributed by atoms with Gasteiger partial charge in [0, 0.05) is 41.2 Å². The molecule has 0 aliphatic rings. The van der Waals surface area contributed by atoms with Gasteiger partial charge >= 0.3 is 0 Å². The lowest BCUT2D eigenvalue weighted by Crippen LogP contribution is -2.31. The Balaban J connectivity index is 1.74. The second-order valence-corrected chi connectivity index (χ2v) is 9.23. The van der Waals surface area contributed by atoms with Crippen LogP contribution < -0.4 is 4.72 Å². The molecule has 1 heterocycles. The summed E-state index contributed by atoms with van der Waals surface area (Å²) >= 11 is 3.28. The summed E-state index contributed by atoms with van der Waals surface area (Å²) in [7, 11) is -3.74. The fourth-order valence-electron chi connectivity index (χ4n) is 2.84.